The summed E-state index contributed by atoms with van der Waals surface area (Å²) in [5, 5.41) is 7.23. The van der Waals surface area contributed by atoms with Crippen LogP contribution in [-0.4, -0.2) is 28.2 Å². The Hall–Kier alpha value is -1.35. The summed E-state index contributed by atoms with van der Waals surface area (Å²) in [6, 6.07) is 0. The molecule has 1 rings (SSSR count). The molecule has 0 amide bonds. The quantitative estimate of drug-likeness (QED) is 0.774. The number of nitrogens with zero attached hydrogens (tertiary/aromatic N) is 2. The van der Waals surface area contributed by atoms with E-state index in [9.17, 15) is 0 Å². The molecule has 0 fully saturated rings. The van der Waals surface area contributed by atoms with Crippen LogP contribution < -0.4 is 0 Å². The Morgan fingerprint density at radius 2 is 1.93 bits per heavy atom. The fourth-order valence-electron chi connectivity index (χ4n) is 1.58. The maximum Gasteiger partial charge on any atom is 0.0918 e. The molecule has 0 radical (unpaired) electrons. The average molecular weight is 205 g/mol. The first-order valence-electron chi connectivity index (χ1n) is 5.31. The van der Waals surface area contributed by atoms with Gasteiger partial charge in [0.2, 0.25) is 0 Å². The maximum atomic E-state index is 4.19. The number of rotatable bonds is 6. The first kappa shape index (κ1) is 11.7. The number of H-pyrrole nitrogens is 1. The minimum atomic E-state index is 0.882. The van der Waals surface area contributed by atoms with Crippen molar-refractivity contribution in [2.75, 3.05) is 13.1 Å². The predicted octanol–water partition coefficient (Wildman–Crippen LogP) is 2.54. The molecule has 0 saturated carbocycles. The highest BCUT2D eigenvalue weighted by Gasteiger charge is 2.10. The lowest BCUT2D eigenvalue weighted by molar-refractivity contribution is 0.292. The smallest absolute Gasteiger partial charge is 0.0918 e. The summed E-state index contributed by atoms with van der Waals surface area (Å²) in [6.45, 7) is 14.8. The average Bonchev–Trinajstić information content (AvgIpc) is 2.67. The number of aromatic amines is 1. The van der Waals surface area contributed by atoms with Crippen LogP contribution in [0.2, 0.25) is 0 Å². The van der Waals surface area contributed by atoms with E-state index in [0.717, 1.165) is 36.6 Å². The van der Waals surface area contributed by atoms with Gasteiger partial charge in [0.1, 0.15) is 0 Å². The van der Waals surface area contributed by atoms with Crippen molar-refractivity contribution < 1.29 is 0 Å². The zero-order valence-electron chi connectivity index (χ0n) is 9.58. The molecule has 82 valence electrons. The minimum Gasteiger partial charge on any atom is -0.298 e. The van der Waals surface area contributed by atoms with E-state index in [-0.39, 0.29) is 0 Å². The van der Waals surface area contributed by atoms with Gasteiger partial charge in [-0.05, 0) is 19.2 Å². The zero-order valence-corrected chi connectivity index (χ0v) is 9.58. The van der Waals surface area contributed by atoms with Crippen LogP contribution >= 0.6 is 0 Å². The fourth-order valence-corrected chi connectivity index (χ4v) is 1.58. The first-order chi connectivity index (χ1) is 7.26. The molecular weight excluding hydrogens is 186 g/mol. The molecule has 1 aromatic heterocycles. The number of hydrogen-bond donors (Lipinski definition) is 1. The van der Waals surface area contributed by atoms with Gasteiger partial charge in [-0.2, -0.15) is 5.10 Å². The summed E-state index contributed by atoms with van der Waals surface area (Å²) in [5.41, 5.74) is 3.06. The van der Waals surface area contributed by atoms with Crippen LogP contribution in [0, 0.1) is 0 Å². The van der Waals surface area contributed by atoms with E-state index in [1.54, 1.807) is 6.08 Å². The Labute approximate surface area is 91.5 Å². The summed E-state index contributed by atoms with van der Waals surface area (Å²) < 4.78 is 0. The van der Waals surface area contributed by atoms with Gasteiger partial charge < -0.3 is 0 Å². The van der Waals surface area contributed by atoms with Crippen LogP contribution in [0.5, 0.6) is 0 Å². The molecule has 1 heterocycles. The van der Waals surface area contributed by atoms with E-state index < -0.39 is 0 Å². The fraction of sp³-hybridized carbons (Fsp3) is 0.417. The maximum absolute atomic E-state index is 4.19. The Bertz CT molecular complexity index is 335. The van der Waals surface area contributed by atoms with Crippen LogP contribution in [0.3, 0.4) is 0 Å². The highest BCUT2D eigenvalue weighted by molar-refractivity contribution is 5.62. The molecule has 0 saturated heterocycles. The molecule has 0 bridgehead atoms. The van der Waals surface area contributed by atoms with Crippen LogP contribution in [0.15, 0.2) is 13.2 Å². The summed E-state index contributed by atoms with van der Waals surface area (Å²) in [6.07, 6.45) is 3.58. The van der Waals surface area contributed by atoms with Gasteiger partial charge in [-0.15, -0.1) is 0 Å². The zero-order chi connectivity index (χ0) is 11.3. The van der Waals surface area contributed by atoms with E-state index in [0.29, 0.717) is 0 Å². The Morgan fingerprint density at radius 1 is 1.27 bits per heavy atom. The van der Waals surface area contributed by atoms with Gasteiger partial charge in [-0.3, -0.25) is 10.00 Å². The van der Waals surface area contributed by atoms with Crippen molar-refractivity contribution in [1.82, 2.24) is 15.1 Å². The second kappa shape index (κ2) is 5.51. The molecule has 0 unspecified atom stereocenters. The predicted molar refractivity (Wildman–Crippen MR) is 65.4 cm³/mol. The van der Waals surface area contributed by atoms with Gasteiger partial charge in [0, 0.05) is 12.1 Å². The third-order valence-corrected chi connectivity index (χ3v) is 2.59. The lowest BCUT2D eigenvalue weighted by Crippen LogP contribution is -2.22. The summed E-state index contributed by atoms with van der Waals surface area (Å²) in [4.78, 5) is 2.33. The molecule has 0 aliphatic carbocycles. The molecule has 0 atom stereocenters. The largest absolute Gasteiger partial charge is 0.298 e. The van der Waals surface area contributed by atoms with Gasteiger partial charge in [-0.25, -0.2) is 0 Å². The van der Waals surface area contributed by atoms with Gasteiger partial charge >= 0.3 is 0 Å². The normalized spacial score (nSPS) is 10.6. The number of hydrogen-bond acceptors (Lipinski definition) is 2. The summed E-state index contributed by atoms with van der Waals surface area (Å²) in [5.74, 6) is 0. The molecule has 1 aromatic rings. The molecule has 1 N–H and O–H groups in total. The van der Waals surface area contributed by atoms with Crippen LogP contribution in [0.25, 0.3) is 12.2 Å². The Morgan fingerprint density at radius 3 is 2.40 bits per heavy atom. The van der Waals surface area contributed by atoms with E-state index in [1.807, 2.05) is 6.08 Å². The molecule has 3 heteroatoms. The monoisotopic (exact) mass is 205 g/mol. The summed E-state index contributed by atoms with van der Waals surface area (Å²) >= 11 is 0. The number of nitrogens with one attached hydrogen (secondary N) is 1. The van der Waals surface area contributed by atoms with Crippen LogP contribution in [0.4, 0.5) is 0 Å². The van der Waals surface area contributed by atoms with Crippen molar-refractivity contribution in [2.24, 2.45) is 0 Å². The van der Waals surface area contributed by atoms with Crippen molar-refractivity contribution >= 4 is 12.2 Å². The van der Waals surface area contributed by atoms with Crippen molar-refractivity contribution in [2.45, 2.75) is 20.4 Å². The highest BCUT2D eigenvalue weighted by Crippen LogP contribution is 2.15. The van der Waals surface area contributed by atoms with Crippen molar-refractivity contribution in [3.63, 3.8) is 0 Å². The molecule has 3 nitrogen and oxygen atoms in total. The standard InChI is InChI=1S/C12H19N3/c1-5-10-11(6-2)13-14-12(10)9-15(7-3)8-4/h5-6H,1-2,7-9H2,3-4H3,(H,13,14). The second-order valence-electron chi connectivity index (χ2n) is 3.37. The number of aromatic nitrogens is 2. The third kappa shape index (κ3) is 2.57. The SMILES string of the molecule is C=Cc1n[nH]c(CN(CC)CC)c1C=C. The Balaban J connectivity index is 2.89. The minimum absolute atomic E-state index is 0.882. The van der Waals surface area contributed by atoms with E-state index in [4.69, 9.17) is 0 Å². The van der Waals surface area contributed by atoms with Gasteiger partial charge in [0.05, 0.1) is 11.4 Å². The van der Waals surface area contributed by atoms with Gasteiger partial charge in [0.25, 0.3) is 0 Å². The van der Waals surface area contributed by atoms with Gasteiger partial charge in [-0.1, -0.05) is 33.1 Å². The van der Waals surface area contributed by atoms with Crippen molar-refractivity contribution in [3.05, 3.63) is 30.1 Å². The highest BCUT2D eigenvalue weighted by atomic mass is 15.2. The second-order valence-corrected chi connectivity index (χ2v) is 3.37. The molecule has 0 aliphatic rings. The molecule has 0 spiro atoms. The lowest BCUT2D eigenvalue weighted by Gasteiger charge is -2.17. The van der Waals surface area contributed by atoms with Crippen LogP contribution in [-0.2, 0) is 6.54 Å². The van der Waals surface area contributed by atoms with Crippen molar-refractivity contribution in [3.8, 4) is 0 Å². The van der Waals surface area contributed by atoms with Gasteiger partial charge in [0.15, 0.2) is 0 Å². The van der Waals surface area contributed by atoms with Crippen LogP contribution in [0.1, 0.15) is 30.8 Å². The molecule has 15 heavy (non-hydrogen) atoms. The summed E-state index contributed by atoms with van der Waals surface area (Å²) in [7, 11) is 0. The Kier molecular flexibility index (Phi) is 4.31. The lowest BCUT2D eigenvalue weighted by atomic mass is 10.1. The first-order valence-corrected chi connectivity index (χ1v) is 5.31. The third-order valence-electron chi connectivity index (χ3n) is 2.59. The van der Waals surface area contributed by atoms with E-state index in [2.05, 4.69) is 42.1 Å². The van der Waals surface area contributed by atoms with Crippen molar-refractivity contribution in [1.29, 1.82) is 0 Å². The molecular formula is C12H19N3. The molecule has 0 aromatic carbocycles. The van der Waals surface area contributed by atoms with E-state index >= 15 is 0 Å². The van der Waals surface area contributed by atoms with E-state index in [1.165, 1.54) is 0 Å². The molecule has 0 aliphatic heterocycles. The topological polar surface area (TPSA) is 31.9 Å².